The van der Waals surface area contributed by atoms with Gasteiger partial charge in [0.05, 0.1) is 0 Å². The largest absolute Gasteiger partial charge is 0.352 e. The van der Waals surface area contributed by atoms with E-state index in [0.29, 0.717) is 31.5 Å². The van der Waals surface area contributed by atoms with Crippen molar-refractivity contribution < 1.29 is 14.0 Å². The SMILES string of the molecule is CC(C)(CCC(=O)N1CCNC(=O)C1c1ccc(F)cc1)c1ccccc1. The molecule has 27 heavy (non-hydrogen) atoms. The fraction of sp³-hybridized carbons (Fsp3) is 0.364. The summed E-state index contributed by atoms with van der Waals surface area (Å²) in [6.45, 7) is 5.13. The summed E-state index contributed by atoms with van der Waals surface area (Å²) in [6, 6.07) is 15.2. The Bertz CT molecular complexity index is 803. The summed E-state index contributed by atoms with van der Waals surface area (Å²) < 4.78 is 13.2. The number of piperazine rings is 1. The molecule has 1 fully saturated rings. The number of carbonyl (C=O) groups is 2. The van der Waals surface area contributed by atoms with Crippen LogP contribution in [0.15, 0.2) is 54.6 Å². The quantitative estimate of drug-likeness (QED) is 0.877. The number of benzene rings is 2. The molecule has 3 rings (SSSR count). The van der Waals surface area contributed by atoms with Crippen LogP contribution in [0.4, 0.5) is 4.39 Å². The Morgan fingerprint density at radius 2 is 1.81 bits per heavy atom. The lowest BCUT2D eigenvalue weighted by atomic mass is 9.80. The first-order valence-electron chi connectivity index (χ1n) is 9.27. The lowest BCUT2D eigenvalue weighted by Gasteiger charge is -2.36. The van der Waals surface area contributed by atoms with Crippen molar-refractivity contribution in [2.75, 3.05) is 13.1 Å². The van der Waals surface area contributed by atoms with Gasteiger partial charge in [-0.3, -0.25) is 9.59 Å². The van der Waals surface area contributed by atoms with E-state index in [0.717, 1.165) is 0 Å². The van der Waals surface area contributed by atoms with Crippen molar-refractivity contribution in [2.24, 2.45) is 0 Å². The van der Waals surface area contributed by atoms with E-state index in [1.54, 1.807) is 17.0 Å². The highest BCUT2D eigenvalue weighted by molar-refractivity contribution is 5.89. The molecule has 0 aromatic heterocycles. The van der Waals surface area contributed by atoms with E-state index in [9.17, 15) is 14.0 Å². The molecule has 1 atom stereocenters. The lowest BCUT2D eigenvalue weighted by molar-refractivity contribution is -0.143. The Hall–Kier alpha value is -2.69. The van der Waals surface area contributed by atoms with Crippen molar-refractivity contribution in [1.82, 2.24) is 10.2 Å². The van der Waals surface area contributed by atoms with E-state index in [-0.39, 0.29) is 23.0 Å². The Labute approximate surface area is 159 Å². The monoisotopic (exact) mass is 368 g/mol. The summed E-state index contributed by atoms with van der Waals surface area (Å²) in [7, 11) is 0. The Morgan fingerprint density at radius 3 is 2.48 bits per heavy atom. The van der Waals surface area contributed by atoms with Gasteiger partial charge in [0.1, 0.15) is 11.9 Å². The second-order valence-corrected chi connectivity index (χ2v) is 7.58. The topological polar surface area (TPSA) is 49.4 Å². The van der Waals surface area contributed by atoms with Gasteiger partial charge in [0.2, 0.25) is 11.8 Å². The molecule has 0 spiro atoms. The van der Waals surface area contributed by atoms with Crippen molar-refractivity contribution in [2.45, 2.75) is 38.1 Å². The molecule has 2 aromatic rings. The van der Waals surface area contributed by atoms with Crippen LogP contribution < -0.4 is 5.32 Å². The zero-order valence-electron chi connectivity index (χ0n) is 15.7. The molecule has 142 valence electrons. The van der Waals surface area contributed by atoms with Crippen LogP contribution in [0.25, 0.3) is 0 Å². The first kappa shape index (κ1) is 19.1. The van der Waals surface area contributed by atoms with Crippen molar-refractivity contribution in [3.63, 3.8) is 0 Å². The van der Waals surface area contributed by atoms with Crippen LogP contribution in [0.5, 0.6) is 0 Å². The maximum Gasteiger partial charge on any atom is 0.247 e. The highest BCUT2D eigenvalue weighted by atomic mass is 19.1. The predicted molar refractivity (Wildman–Crippen MR) is 103 cm³/mol. The molecule has 1 unspecified atom stereocenters. The molecule has 1 aliphatic heterocycles. The van der Waals surface area contributed by atoms with Gasteiger partial charge in [-0.1, -0.05) is 56.3 Å². The first-order chi connectivity index (χ1) is 12.9. The molecule has 2 amide bonds. The number of carbonyl (C=O) groups excluding carboxylic acids is 2. The summed E-state index contributed by atoms with van der Waals surface area (Å²) in [4.78, 5) is 27.0. The van der Waals surface area contributed by atoms with Gasteiger partial charge in [0.25, 0.3) is 0 Å². The molecular formula is C22H25FN2O2. The van der Waals surface area contributed by atoms with E-state index in [1.165, 1.54) is 17.7 Å². The Morgan fingerprint density at radius 1 is 1.15 bits per heavy atom. The molecule has 0 saturated carbocycles. The van der Waals surface area contributed by atoms with Gasteiger partial charge in [0, 0.05) is 19.5 Å². The van der Waals surface area contributed by atoms with E-state index < -0.39 is 6.04 Å². The second-order valence-electron chi connectivity index (χ2n) is 7.58. The molecule has 1 aliphatic rings. The second kappa shape index (κ2) is 7.91. The van der Waals surface area contributed by atoms with Gasteiger partial charge in [0.15, 0.2) is 0 Å². The third-order valence-corrected chi connectivity index (χ3v) is 5.24. The lowest BCUT2D eigenvalue weighted by Crippen LogP contribution is -2.52. The standard InChI is InChI=1S/C22H25FN2O2/c1-22(2,17-6-4-3-5-7-17)13-12-19(26)25-15-14-24-21(27)20(25)16-8-10-18(23)11-9-16/h3-11,20H,12-15H2,1-2H3,(H,24,27). The minimum Gasteiger partial charge on any atom is -0.352 e. The molecular weight excluding hydrogens is 343 g/mol. The molecule has 1 N–H and O–H groups in total. The number of halogens is 1. The highest BCUT2D eigenvalue weighted by Gasteiger charge is 2.34. The Balaban J connectivity index is 1.73. The van der Waals surface area contributed by atoms with Gasteiger partial charge in [-0.05, 0) is 35.1 Å². The third kappa shape index (κ3) is 4.35. The molecule has 1 saturated heterocycles. The van der Waals surface area contributed by atoms with Crippen LogP contribution in [0.1, 0.15) is 43.9 Å². The Kier molecular flexibility index (Phi) is 5.59. The van der Waals surface area contributed by atoms with Gasteiger partial charge in [-0.25, -0.2) is 4.39 Å². The van der Waals surface area contributed by atoms with Crippen LogP contribution in [-0.4, -0.2) is 29.8 Å². The van der Waals surface area contributed by atoms with Crippen LogP contribution >= 0.6 is 0 Å². The fourth-order valence-corrected chi connectivity index (χ4v) is 3.51. The van der Waals surface area contributed by atoms with Crippen LogP contribution in [0.3, 0.4) is 0 Å². The van der Waals surface area contributed by atoms with E-state index in [2.05, 4.69) is 31.3 Å². The number of rotatable bonds is 5. The molecule has 1 heterocycles. The summed E-state index contributed by atoms with van der Waals surface area (Å²) in [5, 5.41) is 2.80. The zero-order valence-corrected chi connectivity index (χ0v) is 15.7. The van der Waals surface area contributed by atoms with Crippen LogP contribution in [-0.2, 0) is 15.0 Å². The fourth-order valence-electron chi connectivity index (χ4n) is 3.51. The van der Waals surface area contributed by atoms with Crippen LogP contribution in [0, 0.1) is 5.82 Å². The third-order valence-electron chi connectivity index (χ3n) is 5.24. The summed E-state index contributed by atoms with van der Waals surface area (Å²) in [5.74, 6) is -0.635. The summed E-state index contributed by atoms with van der Waals surface area (Å²) in [6.07, 6.45) is 1.04. The summed E-state index contributed by atoms with van der Waals surface area (Å²) in [5.41, 5.74) is 1.67. The number of hydrogen-bond donors (Lipinski definition) is 1. The predicted octanol–water partition coefficient (Wildman–Crippen LogP) is 3.58. The summed E-state index contributed by atoms with van der Waals surface area (Å²) >= 11 is 0. The minimum atomic E-state index is -0.702. The van der Waals surface area contributed by atoms with Gasteiger partial charge >= 0.3 is 0 Å². The van der Waals surface area contributed by atoms with Gasteiger partial charge in [-0.2, -0.15) is 0 Å². The van der Waals surface area contributed by atoms with Gasteiger partial charge in [-0.15, -0.1) is 0 Å². The average Bonchev–Trinajstić information content (AvgIpc) is 2.67. The highest BCUT2D eigenvalue weighted by Crippen LogP contribution is 2.30. The number of nitrogens with zero attached hydrogens (tertiary/aromatic N) is 1. The maximum absolute atomic E-state index is 13.2. The maximum atomic E-state index is 13.2. The molecule has 0 bridgehead atoms. The van der Waals surface area contributed by atoms with Crippen molar-refractivity contribution in [3.8, 4) is 0 Å². The van der Waals surface area contributed by atoms with E-state index >= 15 is 0 Å². The average molecular weight is 368 g/mol. The van der Waals surface area contributed by atoms with E-state index in [4.69, 9.17) is 0 Å². The zero-order chi connectivity index (χ0) is 19.4. The number of nitrogens with one attached hydrogen (secondary N) is 1. The minimum absolute atomic E-state index is 0.0526. The molecule has 2 aromatic carbocycles. The van der Waals surface area contributed by atoms with Gasteiger partial charge < -0.3 is 10.2 Å². The smallest absolute Gasteiger partial charge is 0.247 e. The first-order valence-corrected chi connectivity index (χ1v) is 9.27. The van der Waals surface area contributed by atoms with Crippen molar-refractivity contribution in [3.05, 3.63) is 71.5 Å². The normalized spacial score (nSPS) is 17.5. The van der Waals surface area contributed by atoms with Crippen LogP contribution in [0.2, 0.25) is 0 Å². The molecule has 5 heteroatoms. The number of amides is 2. The van der Waals surface area contributed by atoms with Crippen molar-refractivity contribution >= 4 is 11.8 Å². The molecule has 4 nitrogen and oxygen atoms in total. The molecule has 0 radical (unpaired) electrons. The van der Waals surface area contributed by atoms with Crippen molar-refractivity contribution in [1.29, 1.82) is 0 Å². The molecule has 0 aliphatic carbocycles. The van der Waals surface area contributed by atoms with E-state index in [1.807, 2.05) is 18.2 Å². The number of hydrogen-bond acceptors (Lipinski definition) is 2.